The van der Waals surface area contributed by atoms with Crippen LogP contribution in [0.4, 0.5) is 9.52 Å². The lowest BCUT2D eigenvalue weighted by Gasteiger charge is -2.22. The molecule has 1 N–H and O–H groups in total. The van der Waals surface area contributed by atoms with Gasteiger partial charge in [0.1, 0.15) is 29.7 Å². The lowest BCUT2D eigenvalue weighted by Crippen LogP contribution is -2.29. The van der Waals surface area contributed by atoms with Crippen LogP contribution in [0.2, 0.25) is 0 Å². The van der Waals surface area contributed by atoms with E-state index in [-0.39, 0.29) is 22.3 Å². The zero-order valence-corrected chi connectivity index (χ0v) is 26.5. The number of Topliss-reactive ketones (excluding diaryl/α,β-unsaturated/α-hetero) is 1. The number of amides is 1. The number of hydrogen-bond donors (Lipinski definition) is 1. The number of benzene rings is 4. The molecular weight excluding hydrogens is 626 g/mol. The maximum absolute atomic E-state index is 13.6. The van der Waals surface area contributed by atoms with E-state index in [1.807, 2.05) is 31.2 Å². The summed E-state index contributed by atoms with van der Waals surface area (Å²) < 4.78 is 25.1. The second kappa shape index (κ2) is 13.6. The molecule has 4 aromatic carbocycles. The molecule has 11 heteroatoms. The minimum Gasteiger partial charge on any atom is -0.507 e. The van der Waals surface area contributed by atoms with Crippen LogP contribution in [-0.2, 0) is 21.9 Å². The number of methoxy groups -OCH3 is 1. The van der Waals surface area contributed by atoms with E-state index < -0.39 is 17.7 Å². The number of thioether (sulfide) groups is 1. The highest BCUT2D eigenvalue weighted by Crippen LogP contribution is 2.44. The number of anilines is 1. The summed E-state index contributed by atoms with van der Waals surface area (Å²) in [6.07, 6.45) is 0. The molecule has 1 amide bonds. The van der Waals surface area contributed by atoms with Crippen LogP contribution in [0.1, 0.15) is 33.9 Å². The first-order valence-corrected chi connectivity index (χ1v) is 16.1. The highest BCUT2D eigenvalue weighted by Gasteiger charge is 2.48. The van der Waals surface area contributed by atoms with Crippen molar-refractivity contribution in [1.29, 1.82) is 0 Å². The highest BCUT2D eigenvalue weighted by atomic mass is 32.2. The van der Waals surface area contributed by atoms with Crippen LogP contribution >= 0.6 is 23.1 Å². The van der Waals surface area contributed by atoms with E-state index in [0.29, 0.717) is 39.3 Å². The van der Waals surface area contributed by atoms with Gasteiger partial charge >= 0.3 is 5.91 Å². The maximum atomic E-state index is 13.6. The van der Waals surface area contributed by atoms with Gasteiger partial charge in [-0.15, -0.1) is 10.2 Å². The average Bonchev–Trinajstić information content (AvgIpc) is 3.65. The van der Waals surface area contributed by atoms with Crippen LogP contribution in [-0.4, -0.2) is 34.1 Å². The Balaban J connectivity index is 1.30. The van der Waals surface area contributed by atoms with Crippen molar-refractivity contribution in [1.82, 2.24) is 10.2 Å². The van der Waals surface area contributed by atoms with Crippen molar-refractivity contribution >= 4 is 45.7 Å². The van der Waals surface area contributed by atoms with Crippen molar-refractivity contribution < 1.29 is 28.6 Å². The lowest BCUT2D eigenvalue weighted by atomic mass is 9.95. The minimum atomic E-state index is -0.967. The number of carbonyl (C=O) groups excluding carboxylic acids is 2. The van der Waals surface area contributed by atoms with Crippen molar-refractivity contribution in [2.75, 3.05) is 12.0 Å². The number of ketones is 1. The summed E-state index contributed by atoms with van der Waals surface area (Å²) >= 11 is 2.54. The first-order chi connectivity index (χ1) is 22.3. The molecular formula is C35H28FN3O5S2. The number of carbonyl (C=O) groups is 2. The predicted octanol–water partition coefficient (Wildman–Crippen LogP) is 7.49. The fourth-order valence-electron chi connectivity index (χ4n) is 5.05. The Morgan fingerprint density at radius 2 is 1.65 bits per heavy atom. The zero-order chi connectivity index (χ0) is 32.2. The van der Waals surface area contributed by atoms with Gasteiger partial charge < -0.3 is 14.6 Å². The fraction of sp³-hybridized carbons (Fsp3) is 0.143. The summed E-state index contributed by atoms with van der Waals surface area (Å²) in [5.41, 5.74) is 3.92. The van der Waals surface area contributed by atoms with Crippen molar-refractivity contribution in [2.45, 2.75) is 29.7 Å². The number of aryl methyl sites for hydroxylation is 1. The molecule has 0 aliphatic carbocycles. The molecule has 1 aliphatic heterocycles. The minimum absolute atomic E-state index is 0.0701. The highest BCUT2D eigenvalue weighted by molar-refractivity contribution is 8.00. The number of halogens is 1. The Labute approximate surface area is 273 Å². The number of aliphatic hydroxyl groups excluding tert-OH is 1. The van der Waals surface area contributed by atoms with Crippen molar-refractivity contribution in [3.05, 3.63) is 136 Å². The van der Waals surface area contributed by atoms with Gasteiger partial charge in [-0.05, 0) is 72.1 Å². The number of aliphatic hydroxyl groups is 1. The van der Waals surface area contributed by atoms with E-state index in [2.05, 4.69) is 10.2 Å². The van der Waals surface area contributed by atoms with E-state index in [9.17, 15) is 19.1 Å². The van der Waals surface area contributed by atoms with Crippen LogP contribution in [0.25, 0.3) is 5.76 Å². The molecule has 1 unspecified atom stereocenters. The number of nitrogens with zero attached hydrogens (tertiary/aromatic N) is 3. The first-order valence-electron chi connectivity index (χ1n) is 14.2. The molecule has 1 atom stereocenters. The molecule has 0 spiro atoms. The van der Waals surface area contributed by atoms with Gasteiger partial charge in [-0.3, -0.25) is 14.5 Å². The summed E-state index contributed by atoms with van der Waals surface area (Å²) in [5, 5.41) is 20.2. The molecule has 0 bridgehead atoms. The summed E-state index contributed by atoms with van der Waals surface area (Å²) in [7, 11) is 1.54. The molecule has 2 heterocycles. The van der Waals surface area contributed by atoms with Crippen molar-refractivity contribution in [3.8, 4) is 11.5 Å². The Hall–Kier alpha value is -5.00. The van der Waals surface area contributed by atoms with E-state index in [4.69, 9.17) is 9.47 Å². The molecule has 0 saturated carbocycles. The smallest absolute Gasteiger partial charge is 0.301 e. The summed E-state index contributed by atoms with van der Waals surface area (Å²) in [6.45, 7) is 2.39. The standard InChI is InChI=1S/C35H28FN3O5S2/c1-21-4-3-5-23(18-21)19-44-28-16-10-25(11-17-28)31(40)29-30(24-8-14-27(43-2)15-9-24)39(33(42)32(29)41)34-37-38-35(46-34)45-20-22-6-12-26(36)13-7-22/h3-18,30,40H,19-20H2,1-2H3. The normalized spacial score (nSPS) is 15.7. The second-order valence-electron chi connectivity index (χ2n) is 10.5. The summed E-state index contributed by atoms with van der Waals surface area (Å²) in [4.78, 5) is 28.4. The van der Waals surface area contributed by atoms with Gasteiger partial charge in [0.25, 0.3) is 5.78 Å². The van der Waals surface area contributed by atoms with Gasteiger partial charge in [0.15, 0.2) is 4.34 Å². The third-order valence-corrected chi connectivity index (χ3v) is 9.50. The quantitative estimate of drug-likeness (QED) is 0.0544. The topological polar surface area (TPSA) is 102 Å². The first kappa shape index (κ1) is 31.0. The third-order valence-electron chi connectivity index (χ3n) is 7.37. The summed E-state index contributed by atoms with van der Waals surface area (Å²) in [6, 6.07) is 26.8. The number of hydrogen-bond acceptors (Lipinski definition) is 9. The lowest BCUT2D eigenvalue weighted by molar-refractivity contribution is -0.132. The van der Waals surface area contributed by atoms with Crippen LogP contribution < -0.4 is 14.4 Å². The largest absolute Gasteiger partial charge is 0.507 e. The van der Waals surface area contributed by atoms with Gasteiger partial charge in [-0.1, -0.05) is 77.2 Å². The molecule has 5 aromatic rings. The van der Waals surface area contributed by atoms with E-state index in [0.717, 1.165) is 28.0 Å². The van der Waals surface area contributed by atoms with Gasteiger partial charge in [-0.2, -0.15) is 0 Å². The molecule has 0 radical (unpaired) electrons. The summed E-state index contributed by atoms with van der Waals surface area (Å²) in [5.74, 6) is -0.603. The number of ether oxygens (including phenoxy) is 2. The molecule has 8 nitrogen and oxygen atoms in total. The Kier molecular flexibility index (Phi) is 9.13. The fourth-order valence-corrected chi connectivity index (χ4v) is 6.87. The van der Waals surface area contributed by atoms with Crippen molar-refractivity contribution in [3.63, 3.8) is 0 Å². The van der Waals surface area contributed by atoms with Gasteiger partial charge in [-0.25, -0.2) is 4.39 Å². The van der Waals surface area contributed by atoms with Gasteiger partial charge in [0, 0.05) is 11.3 Å². The van der Waals surface area contributed by atoms with Crippen LogP contribution in [0.15, 0.2) is 107 Å². The molecule has 1 fully saturated rings. The molecule has 1 aromatic heterocycles. The number of aromatic nitrogens is 2. The second-order valence-corrected chi connectivity index (χ2v) is 12.7. The molecule has 232 valence electrons. The average molecular weight is 654 g/mol. The maximum Gasteiger partial charge on any atom is 0.301 e. The van der Waals surface area contributed by atoms with Crippen molar-refractivity contribution in [2.24, 2.45) is 0 Å². The van der Waals surface area contributed by atoms with Crippen LogP contribution in [0.3, 0.4) is 0 Å². The van der Waals surface area contributed by atoms with Gasteiger partial charge in [0.05, 0.1) is 18.7 Å². The molecule has 1 saturated heterocycles. The molecule has 46 heavy (non-hydrogen) atoms. The molecule has 1 aliphatic rings. The number of rotatable bonds is 10. The van der Waals surface area contributed by atoms with Crippen LogP contribution in [0.5, 0.6) is 11.5 Å². The monoisotopic (exact) mass is 653 g/mol. The van der Waals surface area contributed by atoms with E-state index in [1.54, 1.807) is 67.8 Å². The predicted molar refractivity (Wildman–Crippen MR) is 176 cm³/mol. The van der Waals surface area contributed by atoms with Gasteiger partial charge in [0.2, 0.25) is 5.13 Å². The SMILES string of the molecule is COc1ccc(C2C(=C(O)c3ccc(OCc4cccc(C)c4)cc3)C(=O)C(=O)N2c2nnc(SCc3ccc(F)cc3)s2)cc1. The zero-order valence-electron chi connectivity index (χ0n) is 24.8. The third kappa shape index (κ3) is 6.65. The molecule has 6 rings (SSSR count). The Morgan fingerprint density at radius 3 is 2.35 bits per heavy atom. The van der Waals surface area contributed by atoms with E-state index >= 15 is 0 Å². The van der Waals surface area contributed by atoms with E-state index in [1.165, 1.54) is 28.8 Å². The van der Waals surface area contributed by atoms with Crippen LogP contribution in [0, 0.1) is 12.7 Å². The Morgan fingerprint density at radius 1 is 0.935 bits per heavy atom. The Bertz CT molecular complexity index is 1910.